The van der Waals surface area contributed by atoms with Crippen LogP contribution in [0.2, 0.25) is 0 Å². The van der Waals surface area contributed by atoms with Crippen LogP contribution in [0.25, 0.3) is 0 Å². The molecule has 0 atom stereocenters. The Morgan fingerprint density at radius 1 is 1.27 bits per heavy atom. The minimum Gasteiger partial charge on any atom is -0.508 e. The molecule has 1 heterocycles. The van der Waals surface area contributed by atoms with Crippen LogP contribution in [-0.4, -0.2) is 25.8 Å². The number of carbonyl (C=O) groups excluding carboxylic acids is 1. The first kappa shape index (κ1) is 18.4. The van der Waals surface area contributed by atoms with Crippen molar-refractivity contribution in [2.24, 2.45) is 5.92 Å². The summed E-state index contributed by atoms with van der Waals surface area (Å²) in [7, 11) is 0. The molecular formula is C20H28N4O2. The third-order valence-electron chi connectivity index (χ3n) is 4.77. The van der Waals surface area contributed by atoms with Crippen LogP contribution < -0.4 is 5.32 Å². The first-order chi connectivity index (χ1) is 12.4. The van der Waals surface area contributed by atoms with Gasteiger partial charge in [0.2, 0.25) is 5.91 Å². The maximum absolute atomic E-state index is 12.3. The zero-order valence-corrected chi connectivity index (χ0v) is 15.8. The van der Waals surface area contributed by atoms with E-state index in [1.165, 1.54) is 12.8 Å². The molecule has 0 radical (unpaired) electrons. The van der Waals surface area contributed by atoms with E-state index in [0.717, 1.165) is 30.1 Å². The number of carbonyl (C=O) groups is 1. The molecule has 1 aliphatic carbocycles. The Bertz CT molecular complexity index is 778. The van der Waals surface area contributed by atoms with Crippen molar-refractivity contribution in [3.8, 4) is 5.75 Å². The van der Waals surface area contributed by atoms with E-state index < -0.39 is 0 Å². The fourth-order valence-corrected chi connectivity index (χ4v) is 3.06. The maximum Gasteiger partial charge on any atom is 0.224 e. The highest BCUT2D eigenvalue weighted by molar-refractivity contribution is 5.91. The van der Waals surface area contributed by atoms with Crippen molar-refractivity contribution >= 4 is 11.6 Å². The number of aromatic nitrogens is 3. The molecule has 1 fully saturated rings. The van der Waals surface area contributed by atoms with Crippen LogP contribution in [0, 0.1) is 12.8 Å². The fraction of sp³-hybridized carbons (Fsp3) is 0.550. The van der Waals surface area contributed by atoms with Gasteiger partial charge >= 0.3 is 0 Å². The van der Waals surface area contributed by atoms with Crippen LogP contribution in [0.4, 0.5) is 5.69 Å². The Morgan fingerprint density at radius 2 is 1.96 bits per heavy atom. The Morgan fingerprint density at radius 3 is 2.62 bits per heavy atom. The third-order valence-corrected chi connectivity index (χ3v) is 4.77. The molecule has 2 N–H and O–H groups in total. The van der Waals surface area contributed by atoms with Gasteiger partial charge in [0.25, 0.3) is 0 Å². The molecule has 0 spiro atoms. The van der Waals surface area contributed by atoms with Crippen molar-refractivity contribution in [2.45, 2.75) is 65.3 Å². The van der Waals surface area contributed by atoms with Crippen molar-refractivity contribution in [1.29, 1.82) is 0 Å². The number of nitrogens with one attached hydrogen (secondary N) is 1. The van der Waals surface area contributed by atoms with Gasteiger partial charge in [0.15, 0.2) is 0 Å². The van der Waals surface area contributed by atoms with Gasteiger partial charge in [-0.3, -0.25) is 4.79 Å². The van der Waals surface area contributed by atoms with Gasteiger partial charge in [-0.15, -0.1) is 10.2 Å². The highest BCUT2D eigenvalue weighted by atomic mass is 16.3. The smallest absolute Gasteiger partial charge is 0.224 e. The van der Waals surface area contributed by atoms with E-state index in [2.05, 4.69) is 33.9 Å². The van der Waals surface area contributed by atoms with E-state index in [-0.39, 0.29) is 11.7 Å². The number of rotatable bonds is 8. The first-order valence-corrected chi connectivity index (χ1v) is 9.46. The second-order valence-corrected chi connectivity index (χ2v) is 7.61. The van der Waals surface area contributed by atoms with E-state index in [0.29, 0.717) is 30.5 Å². The summed E-state index contributed by atoms with van der Waals surface area (Å²) < 4.78 is 2.26. The number of hydrogen-bond acceptors (Lipinski definition) is 4. The summed E-state index contributed by atoms with van der Waals surface area (Å²) in [4.78, 5) is 12.3. The maximum atomic E-state index is 12.3. The Hall–Kier alpha value is -2.37. The van der Waals surface area contributed by atoms with Gasteiger partial charge in [-0.2, -0.15) is 0 Å². The predicted molar refractivity (Wildman–Crippen MR) is 101 cm³/mol. The Kier molecular flexibility index (Phi) is 5.59. The number of benzene rings is 1. The number of anilines is 1. The van der Waals surface area contributed by atoms with Crippen molar-refractivity contribution in [3.05, 3.63) is 35.4 Å². The third kappa shape index (κ3) is 4.62. The second kappa shape index (κ2) is 7.89. The van der Waals surface area contributed by atoms with Crippen molar-refractivity contribution in [1.82, 2.24) is 14.8 Å². The minimum absolute atomic E-state index is 0.0761. The Balaban J connectivity index is 1.62. The van der Waals surface area contributed by atoms with Crippen LogP contribution in [0.15, 0.2) is 18.2 Å². The molecule has 6 nitrogen and oxygen atoms in total. The lowest BCUT2D eigenvalue weighted by molar-refractivity contribution is -0.116. The molecule has 0 unspecified atom stereocenters. The molecule has 0 bridgehead atoms. The summed E-state index contributed by atoms with van der Waals surface area (Å²) in [6, 6.07) is 5.49. The number of aryl methyl sites for hydroxylation is 3. The van der Waals surface area contributed by atoms with E-state index in [1.54, 1.807) is 18.2 Å². The zero-order chi connectivity index (χ0) is 18.7. The summed E-state index contributed by atoms with van der Waals surface area (Å²) in [5, 5.41) is 21.2. The number of nitrogens with zero attached hydrogens (tertiary/aromatic N) is 3. The fourth-order valence-electron chi connectivity index (χ4n) is 3.06. The van der Waals surface area contributed by atoms with E-state index in [1.807, 2.05) is 6.92 Å². The van der Waals surface area contributed by atoms with Gasteiger partial charge in [0.1, 0.15) is 17.4 Å². The number of aromatic hydroxyl groups is 1. The van der Waals surface area contributed by atoms with Crippen LogP contribution in [0.1, 0.15) is 62.8 Å². The van der Waals surface area contributed by atoms with Crippen molar-refractivity contribution in [2.75, 3.05) is 5.32 Å². The second-order valence-electron chi connectivity index (χ2n) is 7.61. The molecule has 0 aliphatic heterocycles. The lowest BCUT2D eigenvalue weighted by atomic mass is 10.1. The molecule has 0 saturated heterocycles. The summed E-state index contributed by atoms with van der Waals surface area (Å²) >= 11 is 0. The first-order valence-electron chi connectivity index (χ1n) is 9.46. The lowest BCUT2D eigenvalue weighted by Gasteiger charge is -2.11. The molecule has 2 aromatic rings. The van der Waals surface area contributed by atoms with Crippen molar-refractivity contribution in [3.63, 3.8) is 0 Å². The number of phenols is 1. The topological polar surface area (TPSA) is 80.0 Å². The van der Waals surface area contributed by atoms with E-state index >= 15 is 0 Å². The summed E-state index contributed by atoms with van der Waals surface area (Å²) in [6.07, 6.45) is 5.32. The molecule has 1 amide bonds. The number of phenolic OH excluding ortho intramolecular Hbond substituents is 1. The monoisotopic (exact) mass is 356 g/mol. The predicted octanol–water partition coefficient (Wildman–Crippen LogP) is 3.79. The quantitative estimate of drug-likeness (QED) is 0.754. The van der Waals surface area contributed by atoms with Crippen LogP contribution in [0.5, 0.6) is 5.75 Å². The molecule has 1 aromatic heterocycles. The standard InChI is InChI=1S/C20H28N4O2/c1-13(2)4-9-18-22-23-19(24(18)15-6-7-15)10-11-20(26)21-17-12-16(25)8-5-14(17)3/h5,8,12-13,15,25H,4,6-7,9-11H2,1-3H3,(H,21,26). The summed E-state index contributed by atoms with van der Waals surface area (Å²) in [6.45, 7) is 6.33. The van der Waals surface area contributed by atoms with Crippen LogP contribution in [-0.2, 0) is 17.6 Å². The molecule has 26 heavy (non-hydrogen) atoms. The SMILES string of the molecule is Cc1ccc(O)cc1NC(=O)CCc1nnc(CCC(C)C)n1C1CC1. The largest absolute Gasteiger partial charge is 0.508 e. The summed E-state index contributed by atoms with van der Waals surface area (Å²) in [5.41, 5.74) is 1.57. The van der Waals surface area contributed by atoms with Gasteiger partial charge in [-0.1, -0.05) is 19.9 Å². The minimum atomic E-state index is -0.0761. The van der Waals surface area contributed by atoms with Gasteiger partial charge in [-0.25, -0.2) is 0 Å². The van der Waals surface area contributed by atoms with Gasteiger partial charge in [0.05, 0.1) is 0 Å². The van der Waals surface area contributed by atoms with Crippen LogP contribution >= 0.6 is 0 Å². The highest BCUT2D eigenvalue weighted by Gasteiger charge is 2.29. The molecule has 140 valence electrons. The van der Waals surface area contributed by atoms with Crippen LogP contribution in [0.3, 0.4) is 0 Å². The molecule has 3 rings (SSSR count). The molecule has 1 aliphatic rings. The average molecular weight is 356 g/mol. The lowest BCUT2D eigenvalue weighted by Crippen LogP contribution is -2.15. The normalized spacial score (nSPS) is 14.0. The van der Waals surface area contributed by atoms with Gasteiger partial charge in [0, 0.05) is 37.1 Å². The van der Waals surface area contributed by atoms with Crippen molar-refractivity contribution < 1.29 is 9.90 Å². The Labute approximate surface area is 154 Å². The molecule has 1 saturated carbocycles. The number of hydrogen-bond donors (Lipinski definition) is 2. The summed E-state index contributed by atoms with van der Waals surface area (Å²) in [5.74, 6) is 2.68. The zero-order valence-electron chi connectivity index (χ0n) is 15.8. The van der Waals surface area contributed by atoms with E-state index in [9.17, 15) is 9.90 Å². The molecule has 6 heteroatoms. The molecular weight excluding hydrogens is 328 g/mol. The number of amides is 1. The van der Waals surface area contributed by atoms with Gasteiger partial charge in [-0.05, 0) is 43.7 Å². The highest BCUT2D eigenvalue weighted by Crippen LogP contribution is 2.37. The van der Waals surface area contributed by atoms with Gasteiger partial charge < -0.3 is 15.0 Å². The average Bonchev–Trinajstić information content (AvgIpc) is 3.34. The van der Waals surface area contributed by atoms with E-state index in [4.69, 9.17) is 0 Å². The molecule has 1 aromatic carbocycles.